The highest BCUT2D eigenvalue weighted by Crippen LogP contribution is 2.37. The van der Waals surface area contributed by atoms with E-state index in [9.17, 15) is 9.59 Å². The van der Waals surface area contributed by atoms with Crippen LogP contribution in [0.25, 0.3) is 20.4 Å². The van der Waals surface area contributed by atoms with E-state index in [0.29, 0.717) is 17.8 Å². The number of hydrogen-bond donors (Lipinski definition) is 0. The first-order chi connectivity index (χ1) is 16.1. The summed E-state index contributed by atoms with van der Waals surface area (Å²) in [6.07, 6.45) is 9.29. The Morgan fingerprint density at radius 2 is 1.82 bits per heavy atom. The summed E-state index contributed by atoms with van der Waals surface area (Å²) >= 11 is 1.46. The predicted molar refractivity (Wildman–Crippen MR) is 133 cm³/mol. The van der Waals surface area contributed by atoms with Crippen LogP contribution in [0.2, 0.25) is 0 Å². The summed E-state index contributed by atoms with van der Waals surface area (Å²) in [6.45, 7) is 8.36. The van der Waals surface area contributed by atoms with Gasteiger partial charge in [-0.3, -0.25) is 9.36 Å². The summed E-state index contributed by atoms with van der Waals surface area (Å²) < 4.78 is 2.56. The van der Waals surface area contributed by atoms with Gasteiger partial charge in [0.25, 0.3) is 5.56 Å². The molecule has 1 aliphatic carbocycles. The van der Waals surface area contributed by atoms with E-state index in [4.69, 9.17) is 4.98 Å². The number of amides is 2. The van der Waals surface area contributed by atoms with Crippen LogP contribution in [-0.4, -0.2) is 69.6 Å². The van der Waals surface area contributed by atoms with Gasteiger partial charge in [0.05, 0.1) is 22.9 Å². The minimum absolute atomic E-state index is 0.0653. The van der Waals surface area contributed by atoms with Gasteiger partial charge in [0.1, 0.15) is 9.53 Å². The number of urea groups is 1. The van der Waals surface area contributed by atoms with E-state index in [-0.39, 0.29) is 17.6 Å². The Bertz CT molecular complexity index is 1200. The summed E-state index contributed by atoms with van der Waals surface area (Å²) in [4.78, 5) is 42.4. The van der Waals surface area contributed by atoms with Crippen molar-refractivity contribution in [2.75, 3.05) is 44.2 Å². The maximum atomic E-state index is 13.4. The first-order valence-corrected chi connectivity index (χ1v) is 13.0. The van der Waals surface area contributed by atoms with Gasteiger partial charge in [-0.25, -0.2) is 14.8 Å². The van der Waals surface area contributed by atoms with Gasteiger partial charge < -0.3 is 14.7 Å². The van der Waals surface area contributed by atoms with Crippen LogP contribution in [0, 0.1) is 0 Å². The lowest BCUT2D eigenvalue weighted by Crippen LogP contribution is -2.52. The maximum absolute atomic E-state index is 13.4. The fourth-order valence-corrected chi connectivity index (χ4v) is 6.32. The fraction of sp³-hybridized carbons (Fsp3) is 0.583. The molecule has 176 valence electrons. The Morgan fingerprint density at radius 1 is 1.09 bits per heavy atom. The molecule has 0 bridgehead atoms. The molecule has 1 saturated carbocycles. The highest BCUT2D eigenvalue weighted by molar-refractivity contribution is 7.25. The Hall–Kier alpha value is -2.68. The van der Waals surface area contributed by atoms with Crippen LogP contribution in [-0.2, 0) is 0 Å². The van der Waals surface area contributed by atoms with Crippen molar-refractivity contribution in [3.8, 4) is 0 Å². The summed E-state index contributed by atoms with van der Waals surface area (Å²) in [5, 5.41) is 0.967. The number of pyridine rings is 1. The van der Waals surface area contributed by atoms with Crippen LogP contribution >= 0.6 is 11.3 Å². The maximum Gasteiger partial charge on any atom is 0.320 e. The molecule has 0 unspecified atom stereocenters. The molecule has 0 N–H and O–H groups in total. The predicted octanol–water partition coefficient (Wildman–Crippen LogP) is 4.10. The molecule has 5 rings (SSSR count). The summed E-state index contributed by atoms with van der Waals surface area (Å²) in [7, 11) is 0. The third kappa shape index (κ3) is 3.96. The second-order valence-electron chi connectivity index (χ2n) is 8.97. The standard InChI is InChI=1S/C24H32N6O2S/c1-3-27(4-2)24(32)29-14-12-28(13-15-29)18-10-11-25-22-19(18)20-21(33-22)23(31)30(16-26-20)17-8-6-5-7-9-17/h10-11,16-17H,3-9,12-15H2,1-2H3. The molecule has 3 aromatic rings. The van der Waals surface area contributed by atoms with E-state index < -0.39 is 0 Å². The summed E-state index contributed by atoms with van der Waals surface area (Å²) in [5.41, 5.74) is 1.88. The van der Waals surface area contributed by atoms with Crippen molar-refractivity contribution < 1.29 is 4.79 Å². The van der Waals surface area contributed by atoms with Gasteiger partial charge in [-0.05, 0) is 32.8 Å². The number of fused-ring (bicyclic) bond motifs is 3. The van der Waals surface area contributed by atoms with Crippen molar-refractivity contribution in [2.45, 2.75) is 52.0 Å². The Kier molecular flexibility index (Phi) is 6.23. The highest BCUT2D eigenvalue weighted by atomic mass is 32.1. The average Bonchev–Trinajstić information content (AvgIpc) is 3.25. The zero-order valence-corrected chi connectivity index (χ0v) is 20.3. The molecule has 1 aliphatic heterocycles. The Morgan fingerprint density at radius 3 is 2.52 bits per heavy atom. The van der Waals surface area contributed by atoms with Gasteiger partial charge in [-0.1, -0.05) is 19.3 Å². The molecule has 0 radical (unpaired) electrons. The minimum Gasteiger partial charge on any atom is -0.367 e. The molecule has 9 heteroatoms. The number of thiophene rings is 1. The van der Waals surface area contributed by atoms with Crippen molar-refractivity contribution in [1.29, 1.82) is 0 Å². The number of nitrogens with zero attached hydrogens (tertiary/aromatic N) is 6. The van der Waals surface area contributed by atoms with E-state index in [1.807, 2.05) is 40.5 Å². The van der Waals surface area contributed by atoms with E-state index in [1.54, 1.807) is 6.33 Å². The molecule has 2 amide bonds. The second-order valence-corrected chi connectivity index (χ2v) is 9.97. The molecule has 1 saturated heterocycles. The number of anilines is 1. The van der Waals surface area contributed by atoms with Gasteiger partial charge in [-0.15, -0.1) is 11.3 Å². The number of piperazine rings is 1. The summed E-state index contributed by atoms with van der Waals surface area (Å²) in [6, 6.07) is 2.40. The van der Waals surface area contributed by atoms with Gasteiger partial charge in [-0.2, -0.15) is 0 Å². The van der Waals surface area contributed by atoms with E-state index >= 15 is 0 Å². The number of carbonyl (C=O) groups excluding carboxylic acids is 1. The molecular formula is C24H32N6O2S. The van der Waals surface area contributed by atoms with Gasteiger partial charge in [0.2, 0.25) is 0 Å². The molecule has 0 atom stereocenters. The van der Waals surface area contributed by atoms with Crippen molar-refractivity contribution >= 4 is 43.5 Å². The average molecular weight is 469 g/mol. The fourth-order valence-electron chi connectivity index (χ4n) is 5.26. The smallest absolute Gasteiger partial charge is 0.320 e. The second kappa shape index (κ2) is 9.29. The van der Waals surface area contributed by atoms with Crippen LogP contribution in [0.5, 0.6) is 0 Å². The minimum atomic E-state index is 0.0653. The largest absolute Gasteiger partial charge is 0.367 e. The van der Waals surface area contributed by atoms with Crippen LogP contribution in [0.1, 0.15) is 52.0 Å². The molecule has 2 fully saturated rings. The first kappa shape index (κ1) is 22.1. The molecule has 3 aromatic heterocycles. The first-order valence-electron chi connectivity index (χ1n) is 12.2. The quantitative estimate of drug-likeness (QED) is 0.576. The third-order valence-electron chi connectivity index (χ3n) is 7.18. The molecular weight excluding hydrogens is 436 g/mol. The highest BCUT2D eigenvalue weighted by Gasteiger charge is 2.27. The van der Waals surface area contributed by atoms with Crippen LogP contribution in [0.3, 0.4) is 0 Å². The van der Waals surface area contributed by atoms with E-state index in [1.165, 1.54) is 30.6 Å². The number of carbonyl (C=O) groups is 1. The van der Waals surface area contributed by atoms with Gasteiger partial charge in [0.15, 0.2) is 0 Å². The van der Waals surface area contributed by atoms with E-state index in [2.05, 4.69) is 9.88 Å². The van der Waals surface area contributed by atoms with Crippen molar-refractivity contribution in [3.63, 3.8) is 0 Å². The van der Waals surface area contributed by atoms with Crippen molar-refractivity contribution in [3.05, 3.63) is 28.9 Å². The molecule has 0 spiro atoms. The number of rotatable bonds is 4. The monoisotopic (exact) mass is 468 g/mol. The summed E-state index contributed by atoms with van der Waals surface area (Å²) in [5.74, 6) is 0. The molecule has 0 aromatic carbocycles. The van der Waals surface area contributed by atoms with Gasteiger partial charge in [0, 0.05) is 51.5 Å². The SMILES string of the molecule is CCN(CC)C(=O)N1CCN(c2ccnc3sc4c(=O)n(C5CCCCC5)cnc4c23)CC1. The molecule has 33 heavy (non-hydrogen) atoms. The van der Waals surface area contributed by atoms with Crippen molar-refractivity contribution in [2.24, 2.45) is 0 Å². The lowest BCUT2D eigenvalue weighted by molar-refractivity contribution is 0.154. The van der Waals surface area contributed by atoms with Crippen LogP contribution < -0.4 is 10.5 Å². The Labute approximate surface area is 197 Å². The van der Waals surface area contributed by atoms with Crippen molar-refractivity contribution in [1.82, 2.24) is 24.3 Å². The third-order valence-corrected chi connectivity index (χ3v) is 8.25. The topological polar surface area (TPSA) is 74.6 Å². The lowest BCUT2D eigenvalue weighted by Gasteiger charge is -2.38. The van der Waals surface area contributed by atoms with Crippen LogP contribution in [0.4, 0.5) is 10.5 Å². The molecule has 8 nitrogen and oxygen atoms in total. The van der Waals surface area contributed by atoms with Crippen LogP contribution in [0.15, 0.2) is 23.4 Å². The Balaban J connectivity index is 1.45. The number of hydrogen-bond acceptors (Lipinski definition) is 6. The zero-order chi connectivity index (χ0) is 22.9. The lowest BCUT2D eigenvalue weighted by atomic mass is 9.95. The molecule has 4 heterocycles. The van der Waals surface area contributed by atoms with Gasteiger partial charge >= 0.3 is 6.03 Å². The van der Waals surface area contributed by atoms with E-state index in [0.717, 1.165) is 60.4 Å². The normalized spacial score (nSPS) is 17.8. The molecule has 2 aliphatic rings. The number of aromatic nitrogens is 3. The zero-order valence-electron chi connectivity index (χ0n) is 19.5.